The Hall–Kier alpha value is -1.24. The average molecular weight is 148 g/mol. The number of benzene rings is 1. The first kappa shape index (κ1) is 7.86. The van der Waals surface area contributed by atoms with Crippen LogP contribution in [0.5, 0.6) is 0 Å². The zero-order valence-electron chi connectivity index (χ0n) is 6.62. The van der Waals surface area contributed by atoms with Gasteiger partial charge in [-0.1, -0.05) is 29.8 Å². The molecule has 0 amide bonds. The van der Waals surface area contributed by atoms with E-state index >= 15 is 0 Å². The third kappa shape index (κ3) is 2.46. The SMILES string of the molecule is Cc1cccc(CC=CO)c1. The summed E-state index contributed by atoms with van der Waals surface area (Å²) in [5.41, 5.74) is 2.49. The van der Waals surface area contributed by atoms with Crippen molar-refractivity contribution in [2.24, 2.45) is 0 Å². The summed E-state index contributed by atoms with van der Waals surface area (Å²) in [6.45, 7) is 2.06. The van der Waals surface area contributed by atoms with E-state index in [1.807, 2.05) is 12.1 Å². The van der Waals surface area contributed by atoms with Gasteiger partial charge in [-0.2, -0.15) is 0 Å². The molecule has 0 aliphatic rings. The summed E-state index contributed by atoms with van der Waals surface area (Å²) in [4.78, 5) is 0. The standard InChI is InChI=1S/C10H12O/c1-9-4-2-5-10(8-9)6-3-7-11/h2-5,7-8,11H,6H2,1H3. The Morgan fingerprint density at radius 1 is 1.45 bits per heavy atom. The zero-order chi connectivity index (χ0) is 8.10. The van der Waals surface area contributed by atoms with Crippen molar-refractivity contribution in [1.29, 1.82) is 0 Å². The third-order valence-corrected chi connectivity index (χ3v) is 1.54. The van der Waals surface area contributed by atoms with E-state index in [0.29, 0.717) is 0 Å². The van der Waals surface area contributed by atoms with Crippen molar-refractivity contribution in [3.8, 4) is 0 Å². The largest absolute Gasteiger partial charge is 0.516 e. The maximum atomic E-state index is 8.42. The Morgan fingerprint density at radius 2 is 2.27 bits per heavy atom. The van der Waals surface area contributed by atoms with E-state index in [4.69, 9.17) is 5.11 Å². The molecule has 11 heavy (non-hydrogen) atoms. The molecule has 0 heterocycles. The second kappa shape index (κ2) is 3.81. The van der Waals surface area contributed by atoms with Crippen LogP contribution in [0.4, 0.5) is 0 Å². The number of rotatable bonds is 2. The zero-order valence-corrected chi connectivity index (χ0v) is 6.62. The van der Waals surface area contributed by atoms with E-state index in [1.54, 1.807) is 6.08 Å². The highest BCUT2D eigenvalue weighted by Crippen LogP contribution is 2.04. The minimum atomic E-state index is 0.804. The molecular formula is C10H12O. The first-order valence-electron chi connectivity index (χ1n) is 3.67. The molecule has 0 atom stereocenters. The summed E-state index contributed by atoms with van der Waals surface area (Å²) in [6, 6.07) is 8.25. The van der Waals surface area contributed by atoms with Gasteiger partial charge in [0.2, 0.25) is 0 Å². The van der Waals surface area contributed by atoms with Crippen LogP contribution in [-0.2, 0) is 6.42 Å². The summed E-state index contributed by atoms with van der Waals surface area (Å²) in [5, 5.41) is 8.42. The first-order valence-corrected chi connectivity index (χ1v) is 3.67. The van der Waals surface area contributed by atoms with Gasteiger partial charge in [0.1, 0.15) is 0 Å². The van der Waals surface area contributed by atoms with E-state index in [0.717, 1.165) is 12.7 Å². The van der Waals surface area contributed by atoms with Gasteiger partial charge >= 0.3 is 0 Å². The van der Waals surface area contributed by atoms with E-state index in [1.165, 1.54) is 11.1 Å². The Bertz CT molecular complexity index is 251. The van der Waals surface area contributed by atoms with Crippen molar-refractivity contribution in [1.82, 2.24) is 0 Å². The van der Waals surface area contributed by atoms with Crippen LogP contribution < -0.4 is 0 Å². The van der Waals surface area contributed by atoms with Crippen LogP contribution in [0.1, 0.15) is 11.1 Å². The van der Waals surface area contributed by atoms with Gasteiger partial charge in [0.05, 0.1) is 6.26 Å². The second-order valence-corrected chi connectivity index (χ2v) is 2.58. The Balaban J connectivity index is 2.71. The van der Waals surface area contributed by atoms with Gasteiger partial charge in [-0.25, -0.2) is 0 Å². The molecule has 0 fully saturated rings. The summed E-state index contributed by atoms with van der Waals surface area (Å²) in [7, 11) is 0. The first-order chi connectivity index (χ1) is 5.33. The maximum Gasteiger partial charge on any atom is 0.0755 e. The molecule has 1 aromatic rings. The lowest BCUT2D eigenvalue weighted by Crippen LogP contribution is -1.81. The molecule has 0 aliphatic carbocycles. The number of hydrogen-bond donors (Lipinski definition) is 1. The summed E-state index contributed by atoms with van der Waals surface area (Å²) >= 11 is 0. The highest BCUT2D eigenvalue weighted by Gasteiger charge is 1.88. The quantitative estimate of drug-likeness (QED) is 0.639. The van der Waals surface area contributed by atoms with Gasteiger partial charge in [-0.3, -0.25) is 0 Å². The van der Waals surface area contributed by atoms with Gasteiger partial charge < -0.3 is 5.11 Å². The lowest BCUT2D eigenvalue weighted by atomic mass is 10.1. The lowest BCUT2D eigenvalue weighted by Gasteiger charge is -1.96. The molecule has 0 radical (unpaired) electrons. The van der Waals surface area contributed by atoms with Crippen LogP contribution in [-0.4, -0.2) is 5.11 Å². The van der Waals surface area contributed by atoms with Gasteiger partial charge in [-0.15, -0.1) is 0 Å². The molecule has 0 bridgehead atoms. The van der Waals surface area contributed by atoms with Crippen LogP contribution in [0, 0.1) is 6.92 Å². The van der Waals surface area contributed by atoms with E-state index in [-0.39, 0.29) is 0 Å². The molecule has 1 nitrogen and oxygen atoms in total. The fourth-order valence-corrected chi connectivity index (χ4v) is 1.03. The molecule has 0 saturated heterocycles. The molecule has 58 valence electrons. The molecule has 1 heteroatoms. The molecule has 1 aromatic carbocycles. The van der Waals surface area contributed by atoms with Crippen LogP contribution in [0.2, 0.25) is 0 Å². The molecule has 0 saturated carbocycles. The molecule has 0 unspecified atom stereocenters. The monoisotopic (exact) mass is 148 g/mol. The molecule has 1 N–H and O–H groups in total. The predicted octanol–water partition coefficient (Wildman–Crippen LogP) is 2.61. The second-order valence-electron chi connectivity index (χ2n) is 2.58. The smallest absolute Gasteiger partial charge is 0.0755 e. The molecule has 0 aliphatic heterocycles. The summed E-state index contributed by atoms with van der Waals surface area (Å²) in [6.07, 6.45) is 3.62. The maximum absolute atomic E-state index is 8.42. The van der Waals surface area contributed by atoms with Crippen molar-refractivity contribution in [3.05, 3.63) is 47.7 Å². The van der Waals surface area contributed by atoms with Crippen LogP contribution in [0.15, 0.2) is 36.6 Å². The Kier molecular flexibility index (Phi) is 2.73. The number of aliphatic hydroxyl groups is 1. The molecular weight excluding hydrogens is 136 g/mol. The highest BCUT2D eigenvalue weighted by atomic mass is 16.2. The number of aliphatic hydroxyl groups excluding tert-OH is 1. The molecule has 0 spiro atoms. The lowest BCUT2D eigenvalue weighted by molar-refractivity contribution is 0.471. The van der Waals surface area contributed by atoms with Crippen molar-refractivity contribution < 1.29 is 5.11 Å². The van der Waals surface area contributed by atoms with Crippen LogP contribution in [0.3, 0.4) is 0 Å². The molecule has 0 aromatic heterocycles. The van der Waals surface area contributed by atoms with Crippen molar-refractivity contribution in [3.63, 3.8) is 0 Å². The topological polar surface area (TPSA) is 20.2 Å². The van der Waals surface area contributed by atoms with Gasteiger partial charge in [0.25, 0.3) is 0 Å². The van der Waals surface area contributed by atoms with Gasteiger partial charge in [-0.05, 0) is 25.0 Å². The Labute approximate surface area is 67.0 Å². The summed E-state index contributed by atoms with van der Waals surface area (Å²) < 4.78 is 0. The number of aryl methyl sites for hydroxylation is 1. The highest BCUT2D eigenvalue weighted by molar-refractivity contribution is 5.23. The minimum Gasteiger partial charge on any atom is -0.516 e. The van der Waals surface area contributed by atoms with E-state index in [9.17, 15) is 0 Å². The third-order valence-electron chi connectivity index (χ3n) is 1.54. The molecule has 1 rings (SSSR count). The number of allylic oxidation sites excluding steroid dienone is 1. The van der Waals surface area contributed by atoms with Crippen molar-refractivity contribution in [2.45, 2.75) is 13.3 Å². The van der Waals surface area contributed by atoms with Crippen molar-refractivity contribution >= 4 is 0 Å². The fraction of sp³-hybridized carbons (Fsp3) is 0.200. The van der Waals surface area contributed by atoms with Gasteiger partial charge in [0.15, 0.2) is 0 Å². The van der Waals surface area contributed by atoms with Crippen molar-refractivity contribution in [2.75, 3.05) is 0 Å². The normalized spacial score (nSPS) is 10.6. The summed E-state index contributed by atoms with van der Waals surface area (Å²) in [5.74, 6) is 0. The predicted molar refractivity (Wildman–Crippen MR) is 46.7 cm³/mol. The number of hydrogen-bond acceptors (Lipinski definition) is 1. The van der Waals surface area contributed by atoms with E-state index in [2.05, 4.69) is 19.1 Å². The van der Waals surface area contributed by atoms with Crippen LogP contribution in [0.25, 0.3) is 0 Å². The van der Waals surface area contributed by atoms with E-state index < -0.39 is 0 Å². The fourth-order valence-electron chi connectivity index (χ4n) is 1.03. The van der Waals surface area contributed by atoms with Gasteiger partial charge in [0, 0.05) is 0 Å². The average Bonchev–Trinajstić information content (AvgIpc) is 2.01. The minimum absolute atomic E-state index is 0.804. The van der Waals surface area contributed by atoms with Crippen LogP contribution >= 0.6 is 0 Å². The Morgan fingerprint density at radius 3 is 2.91 bits per heavy atom.